The summed E-state index contributed by atoms with van der Waals surface area (Å²) in [4.78, 5) is 0. The molecule has 0 radical (unpaired) electrons. The van der Waals surface area contributed by atoms with Crippen molar-refractivity contribution in [1.82, 2.24) is 5.32 Å². The van der Waals surface area contributed by atoms with Crippen molar-refractivity contribution in [2.75, 3.05) is 7.05 Å². The minimum absolute atomic E-state index is 0.0752. The molecule has 0 atom stereocenters. The minimum atomic E-state index is -4.25. The fourth-order valence-corrected chi connectivity index (χ4v) is 2.16. The maximum Gasteiger partial charge on any atom is 0.416 e. The molecule has 1 aromatic rings. The summed E-state index contributed by atoms with van der Waals surface area (Å²) in [7, 11) is 1.85. The van der Waals surface area contributed by atoms with E-state index in [1.165, 1.54) is 12.1 Å². The van der Waals surface area contributed by atoms with Crippen LogP contribution < -0.4 is 5.32 Å². The molecule has 1 aliphatic rings. The lowest BCUT2D eigenvalue weighted by atomic mass is 9.97. The van der Waals surface area contributed by atoms with Gasteiger partial charge in [0.05, 0.1) is 5.56 Å². The summed E-state index contributed by atoms with van der Waals surface area (Å²) in [5.74, 6) is 0. The molecule has 0 spiro atoms. The van der Waals surface area contributed by atoms with Gasteiger partial charge in [-0.3, -0.25) is 0 Å². The molecule has 0 aliphatic heterocycles. The monoisotopic (exact) mass is 229 g/mol. The van der Waals surface area contributed by atoms with Gasteiger partial charge < -0.3 is 5.32 Å². The second-order valence-electron chi connectivity index (χ2n) is 4.36. The van der Waals surface area contributed by atoms with E-state index in [2.05, 4.69) is 5.32 Å². The van der Waals surface area contributed by atoms with Gasteiger partial charge in [0, 0.05) is 5.54 Å². The van der Waals surface area contributed by atoms with Gasteiger partial charge in [-0.05, 0) is 50.1 Å². The molecule has 0 amide bonds. The Hall–Kier alpha value is -1.03. The van der Waals surface area contributed by atoms with Crippen LogP contribution in [0.4, 0.5) is 13.2 Å². The second kappa shape index (κ2) is 3.48. The number of halogens is 3. The largest absolute Gasteiger partial charge is 0.416 e. The van der Waals surface area contributed by atoms with Gasteiger partial charge in [-0.2, -0.15) is 13.2 Å². The summed E-state index contributed by atoms with van der Waals surface area (Å²) in [5.41, 5.74) is 1.05. The van der Waals surface area contributed by atoms with E-state index in [9.17, 15) is 13.2 Å². The highest BCUT2D eigenvalue weighted by Gasteiger charge is 2.44. The average molecular weight is 229 g/mol. The molecule has 0 aromatic heterocycles. The topological polar surface area (TPSA) is 12.0 Å². The maximum atomic E-state index is 12.5. The van der Waals surface area contributed by atoms with Crippen LogP contribution >= 0.6 is 0 Å². The summed E-state index contributed by atoms with van der Waals surface area (Å²) >= 11 is 0. The first kappa shape index (κ1) is 11.5. The van der Waals surface area contributed by atoms with E-state index < -0.39 is 11.7 Å². The molecule has 1 aliphatic carbocycles. The Bertz CT molecular complexity index is 405. The highest BCUT2D eigenvalue weighted by molar-refractivity contribution is 5.40. The Balaban J connectivity index is 2.38. The molecule has 0 heterocycles. The average Bonchev–Trinajstić information content (AvgIpc) is 2.97. The van der Waals surface area contributed by atoms with Crippen molar-refractivity contribution in [3.63, 3.8) is 0 Å². The van der Waals surface area contributed by atoms with Crippen molar-refractivity contribution < 1.29 is 13.2 Å². The van der Waals surface area contributed by atoms with E-state index in [0.717, 1.165) is 18.4 Å². The summed E-state index contributed by atoms with van der Waals surface area (Å²) in [6.07, 6.45) is -2.26. The van der Waals surface area contributed by atoms with Crippen LogP contribution in [0.25, 0.3) is 0 Å². The van der Waals surface area contributed by atoms with Crippen LogP contribution in [-0.4, -0.2) is 7.05 Å². The molecule has 1 aromatic carbocycles. The number of alkyl halides is 3. The van der Waals surface area contributed by atoms with E-state index in [0.29, 0.717) is 5.56 Å². The summed E-state index contributed by atoms with van der Waals surface area (Å²) < 4.78 is 37.4. The zero-order valence-electron chi connectivity index (χ0n) is 9.28. The maximum absolute atomic E-state index is 12.5. The van der Waals surface area contributed by atoms with Gasteiger partial charge >= 0.3 is 6.18 Å². The molecule has 0 unspecified atom stereocenters. The molecule has 0 bridgehead atoms. The fraction of sp³-hybridized carbons (Fsp3) is 0.500. The van der Waals surface area contributed by atoms with E-state index in [1.54, 1.807) is 13.0 Å². The first-order chi connectivity index (χ1) is 7.39. The van der Waals surface area contributed by atoms with Crippen LogP contribution in [-0.2, 0) is 11.7 Å². The van der Waals surface area contributed by atoms with Gasteiger partial charge in [0.2, 0.25) is 0 Å². The van der Waals surface area contributed by atoms with Crippen molar-refractivity contribution in [3.8, 4) is 0 Å². The van der Waals surface area contributed by atoms with Crippen LogP contribution in [0.5, 0.6) is 0 Å². The first-order valence-corrected chi connectivity index (χ1v) is 5.26. The van der Waals surface area contributed by atoms with Crippen molar-refractivity contribution in [2.24, 2.45) is 0 Å². The SMILES string of the molecule is CNC1(c2ccc(C(F)(F)F)cc2C)CC1. The standard InChI is InChI=1S/C12H14F3N/c1-8-7-9(12(13,14)15)3-4-10(8)11(16-2)5-6-11/h3-4,7,16H,5-6H2,1-2H3. The number of hydrogen-bond acceptors (Lipinski definition) is 1. The zero-order chi connectivity index (χ0) is 12.0. The number of rotatable bonds is 2. The van der Waals surface area contributed by atoms with Gasteiger partial charge in [-0.1, -0.05) is 6.07 Å². The molecule has 88 valence electrons. The van der Waals surface area contributed by atoms with Crippen LogP contribution in [0.15, 0.2) is 18.2 Å². The summed E-state index contributed by atoms with van der Waals surface area (Å²) in [5, 5.41) is 3.19. The molecule has 2 rings (SSSR count). The van der Waals surface area contributed by atoms with Crippen molar-refractivity contribution in [2.45, 2.75) is 31.5 Å². The third kappa shape index (κ3) is 1.82. The van der Waals surface area contributed by atoms with Crippen LogP contribution in [0.2, 0.25) is 0 Å². The highest BCUT2D eigenvalue weighted by atomic mass is 19.4. The minimum Gasteiger partial charge on any atom is -0.310 e. The fourth-order valence-electron chi connectivity index (χ4n) is 2.16. The predicted octanol–water partition coefficient (Wildman–Crippen LogP) is 3.22. The van der Waals surface area contributed by atoms with E-state index in [1.807, 2.05) is 7.05 Å². The van der Waals surface area contributed by atoms with Gasteiger partial charge in [0.1, 0.15) is 0 Å². The van der Waals surface area contributed by atoms with Crippen LogP contribution in [0.3, 0.4) is 0 Å². The molecule has 4 heteroatoms. The molecule has 0 saturated heterocycles. The van der Waals surface area contributed by atoms with Gasteiger partial charge in [-0.15, -0.1) is 0 Å². The van der Waals surface area contributed by atoms with Gasteiger partial charge in [0.15, 0.2) is 0 Å². The van der Waals surface area contributed by atoms with Crippen LogP contribution in [0.1, 0.15) is 29.5 Å². The Labute approximate surface area is 92.7 Å². The highest BCUT2D eigenvalue weighted by Crippen LogP contribution is 2.47. The van der Waals surface area contributed by atoms with E-state index in [4.69, 9.17) is 0 Å². The predicted molar refractivity (Wildman–Crippen MR) is 56.2 cm³/mol. The lowest BCUT2D eigenvalue weighted by Crippen LogP contribution is -2.25. The Morgan fingerprint density at radius 1 is 1.25 bits per heavy atom. The number of nitrogens with one attached hydrogen (secondary N) is 1. The Morgan fingerprint density at radius 2 is 1.88 bits per heavy atom. The first-order valence-electron chi connectivity index (χ1n) is 5.26. The summed E-state index contributed by atoms with van der Waals surface area (Å²) in [6.45, 7) is 1.74. The molecular formula is C12H14F3N. The summed E-state index contributed by atoms with van der Waals surface area (Å²) in [6, 6.07) is 3.99. The Kier molecular flexibility index (Phi) is 2.49. The lowest BCUT2D eigenvalue weighted by Gasteiger charge is -2.18. The van der Waals surface area contributed by atoms with Gasteiger partial charge in [0.25, 0.3) is 0 Å². The molecule has 16 heavy (non-hydrogen) atoms. The quantitative estimate of drug-likeness (QED) is 0.821. The number of benzene rings is 1. The second-order valence-corrected chi connectivity index (χ2v) is 4.36. The molecule has 1 N–H and O–H groups in total. The Morgan fingerprint density at radius 3 is 2.25 bits per heavy atom. The van der Waals surface area contributed by atoms with Crippen molar-refractivity contribution >= 4 is 0 Å². The smallest absolute Gasteiger partial charge is 0.310 e. The van der Waals surface area contributed by atoms with E-state index in [-0.39, 0.29) is 5.54 Å². The van der Waals surface area contributed by atoms with Crippen molar-refractivity contribution in [3.05, 3.63) is 34.9 Å². The normalized spacial score (nSPS) is 18.6. The van der Waals surface area contributed by atoms with Crippen LogP contribution in [0, 0.1) is 6.92 Å². The third-order valence-corrected chi connectivity index (χ3v) is 3.30. The molecular weight excluding hydrogens is 215 g/mol. The van der Waals surface area contributed by atoms with Crippen molar-refractivity contribution in [1.29, 1.82) is 0 Å². The molecule has 1 nitrogen and oxygen atoms in total. The number of aryl methyl sites for hydroxylation is 1. The van der Waals surface area contributed by atoms with E-state index >= 15 is 0 Å². The number of hydrogen-bond donors (Lipinski definition) is 1. The molecule has 1 fully saturated rings. The third-order valence-electron chi connectivity index (χ3n) is 3.30. The molecule has 1 saturated carbocycles. The zero-order valence-corrected chi connectivity index (χ0v) is 9.28. The van der Waals surface area contributed by atoms with Gasteiger partial charge in [-0.25, -0.2) is 0 Å². The lowest BCUT2D eigenvalue weighted by molar-refractivity contribution is -0.137.